The lowest BCUT2D eigenvalue weighted by Gasteiger charge is -2.39. The number of aliphatic hydroxyl groups excluding tert-OH is 1. The average Bonchev–Trinajstić information content (AvgIpc) is 2.97. The molecule has 26 heavy (non-hydrogen) atoms. The monoisotopic (exact) mass is 380 g/mol. The van der Waals surface area contributed by atoms with E-state index in [1.165, 1.54) is 23.4 Å². The van der Waals surface area contributed by atoms with Gasteiger partial charge >= 0.3 is 0 Å². The van der Waals surface area contributed by atoms with Crippen LogP contribution in [0, 0.1) is 11.3 Å². The Morgan fingerprint density at radius 3 is 2.42 bits per heavy atom. The highest BCUT2D eigenvalue weighted by Gasteiger charge is 2.30. The van der Waals surface area contributed by atoms with Crippen LogP contribution in [0.3, 0.4) is 0 Å². The molecule has 3 rings (SSSR count). The molecular formula is C20H32N2O3S. The number of anilines is 1. The van der Waals surface area contributed by atoms with Crippen molar-refractivity contribution in [2.24, 2.45) is 11.3 Å². The summed E-state index contributed by atoms with van der Waals surface area (Å²) in [6.07, 6.45) is 3.79. The zero-order valence-electron chi connectivity index (χ0n) is 16.4. The van der Waals surface area contributed by atoms with Crippen molar-refractivity contribution in [2.45, 2.75) is 46.1 Å². The number of β-amino-alcohol motifs (C(OH)–C–C–N with tert-alkyl or cyclic N) is 1. The molecule has 146 valence electrons. The summed E-state index contributed by atoms with van der Waals surface area (Å²) < 4.78 is 25.1. The maximum atomic E-state index is 11.8. The van der Waals surface area contributed by atoms with Crippen molar-refractivity contribution in [3.05, 3.63) is 29.3 Å². The molecule has 1 N–H and O–H groups in total. The number of sulfonamides is 1. The maximum Gasteiger partial charge on any atom is 0.232 e. The molecule has 1 aromatic carbocycles. The lowest BCUT2D eigenvalue weighted by molar-refractivity contribution is 0.0653. The van der Waals surface area contributed by atoms with E-state index in [2.05, 4.69) is 25.7 Å². The van der Waals surface area contributed by atoms with Gasteiger partial charge in [-0.05, 0) is 60.9 Å². The van der Waals surface area contributed by atoms with E-state index >= 15 is 0 Å². The average molecular weight is 381 g/mol. The molecule has 1 aromatic rings. The van der Waals surface area contributed by atoms with Gasteiger partial charge in [-0.2, -0.15) is 0 Å². The van der Waals surface area contributed by atoms with Crippen molar-refractivity contribution in [2.75, 3.05) is 36.7 Å². The van der Waals surface area contributed by atoms with Crippen molar-refractivity contribution in [1.29, 1.82) is 0 Å². The first-order valence-corrected chi connectivity index (χ1v) is 11.4. The number of likely N-dealkylation sites (tertiary alicyclic amines) is 1. The van der Waals surface area contributed by atoms with E-state index in [0.717, 1.165) is 35.8 Å². The van der Waals surface area contributed by atoms with Crippen LogP contribution in [0.15, 0.2) is 18.2 Å². The van der Waals surface area contributed by atoms with Crippen molar-refractivity contribution in [1.82, 2.24) is 4.90 Å². The summed E-state index contributed by atoms with van der Waals surface area (Å²) in [5.41, 5.74) is 3.01. The Labute approximate surface area is 158 Å². The number of rotatable bonds is 4. The molecule has 0 radical (unpaired) electrons. The zero-order valence-corrected chi connectivity index (χ0v) is 17.2. The third-order valence-electron chi connectivity index (χ3n) is 5.99. The van der Waals surface area contributed by atoms with Crippen LogP contribution in [0.1, 0.15) is 50.8 Å². The van der Waals surface area contributed by atoms with E-state index in [4.69, 9.17) is 0 Å². The van der Waals surface area contributed by atoms with Gasteiger partial charge in [0.1, 0.15) is 0 Å². The zero-order chi connectivity index (χ0) is 19.1. The normalized spacial score (nSPS) is 21.0. The third kappa shape index (κ3) is 4.24. The minimum absolute atomic E-state index is 0.357. The fourth-order valence-electron chi connectivity index (χ4n) is 4.27. The molecule has 1 unspecified atom stereocenters. The quantitative estimate of drug-likeness (QED) is 0.873. The van der Waals surface area contributed by atoms with Crippen molar-refractivity contribution in [3.8, 4) is 0 Å². The van der Waals surface area contributed by atoms with Crippen molar-refractivity contribution < 1.29 is 13.5 Å². The molecule has 1 fully saturated rings. The fourth-order valence-corrected chi connectivity index (χ4v) is 5.23. The first-order chi connectivity index (χ1) is 12.1. The highest BCUT2D eigenvalue weighted by Crippen LogP contribution is 2.35. The van der Waals surface area contributed by atoms with Gasteiger partial charge in [0.15, 0.2) is 0 Å². The summed E-state index contributed by atoms with van der Waals surface area (Å²) in [6.45, 7) is 10.1. The molecule has 2 aliphatic heterocycles. The summed E-state index contributed by atoms with van der Waals surface area (Å²) >= 11 is 0. The van der Waals surface area contributed by atoms with Crippen LogP contribution >= 0.6 is 0 Å². The topological polar surface area (TPSA) is 60.9 Å². The van der Waals surface area contributed by atoms with Crippen molar-refractivity contribution in [3.63, 3.8) is 0 Å². The first-order valence-electron chi connectivity index (χ1n) is 9.56. The Morgan fingerprint density at radius 1 is 1.19 bits per heavy atom. The van der Waals surface area contributed by atoms with Crippen LogP contribution in [-0.2, 0) is 16.4 Å². The molecule has 0 amide bonds. The van der Waals surface area contributed by atoms with Gasteiger partial charge in [0, 0.05) is 13.1 Å². The third-order valence-corrected chi connectivity index (χ3v) is 7.16. The van der Waals surface area contributed by atoms with E-state index in [0.29, 0.717) is 24.9 Å². The Kier molecular flexibility index (Phi) is 5.39. The number of fused-ring (bicyclic) bond motifs is 1. The minimum atomic E-state index is -3.23. The van der Waals surface area contributed by atoms with E-state index in [9.17, 15) is 13.5 Å². The molecule has 1 saturated heterocycles. The minimum Gasteiger partial charge on any atom is -0.387 e. The predicted octanol–water partition coefficient (Wildman–Crippen LogP) is 2.80. The molecule has 5 nitrogen and oxygen atoms in total. The standard InChI is InChI=1S/C20H32N2O3S/c1-20(2,3)17-8-10-21(11-9-17)14-19(23)16-5-6-18-15(13-16)7-12-22(18)26(4,24)25/h5-6,13,17,19,23H,7-12,14H2,1-4H3. The highest BCUT2D eigenvalue weighted by atomic mass is 32.2. The Balaban J connectivity index is 1.63. The molecule has 0 aliphatic carbocycles. The predicted molar refractivity (Wildman–Crippen MR) is 106 cm³/mol. The molecule has 2 heterocycles. The number of nitrogens with zero attached hydrogens (tertiary/aromatic N) is 2. The summed E-state index contributed by atoms with van der Waals surface area (Å²) in [5.74, 6) is 0.748. The summed E-state index contributed by atoms with van der Waals surface area (Å²) in [5, 5.41) is 10.7. The number of aliphatic hydroxyl groups is 1. The molecular weight excluding hydrogens is 348 g/mol. The molecule has 0 spiro atoms. The molecule has 0 aromatic heterocycles. The summed E-state index contributed by atoms with van der Waals surface area (Å²) in [4.78, 5) is 2.35. The second-order valence-electron chi connectivity index (χ2n) is 8.93. The summed E-state index contributed by atoms with van der Waals surface area (Å²) in [6, 6.07) is 5.69. The van der Waals surface area contributed by atoms with Crippen LogP contribution in [0.2, 0.25) is 0 Å². The molecule has 2 aliphatic rings. The van der Waals surface area contributed by atoms with E-state index in [-0.39, 0.29) is 0 Å². The van der Waals surface area contributed by atoms with Gasteiger partial charge in [-0.15, -0.1) is 0 Å². The maximum absolute atomic E-state index is 11.8. The van der Waals surface area contributed by atoms with Crippen LogP contribution in [0.25, 0.3) is 0 Å². The van der Waals surface area contributed by atoms with Crippen LogP contribution < -0.4 is 4.31 Å². The largest absolute Gasteiger partial charge is 0.387 e. The first kappa shape index (κ1) is 19.6. The van der Waals surface area contributed by atoms with Crippen molar-refractivity contribution >= 4 is 15.7 Å². The lowest BCUT2D eigenvalue weighted by Crippen LogP contribution is -2.39. The van der Waals surface area contributed by atoms with Gasteiger partial charge in [-0.1, -0.05) is 32.9 Å². The van der Waals surface area contributed by atoms with E-state index in [1.54, 1.807) is 0 Å². The second kappa shape index (κ2) is 7.13. The number of hydrogen-bond acceptors (Lipinski definition) is 4. The smallest absolute Gasteiger partial charge is 0.232 e. The lowest BCUT2D eigenvalue weighted by atomic mass is 9.75. The van der Waals surface area contributed by atoms with Crippen LogP contribution in [0.5, 0.6) is 0 Å². The van der Waals surface area contributed by atoms with Gasteiger partial charge in [0.05, 0.1) is 18.0 Å². The van der Waals surface area contributed by atoms with Gasteiger partial charge < -0.3 is 10.0 Å². The Hall–Kier alpha value is -1.11. The molecule has 0 bridgehead atoms. The molecule has 6 heteroatoms. The van der Waals surface area contributed by atoms with Gasteiger partial charge in [-0.25, -0.2) is 8.42 Å². The number of piperidine rings is 1. The van der Waals surface area contributed by atoms with Gasteiger partial charge in [0.25, 0.3) is 0 Å². The fraction of sp³-hybridized carbons (Fsp3) is 0.700. The number of hydrogen-bond donors (Lipinski definition) is 1. The van der Waals surface area contributed by atoms with Gasteiger partial charge in [-0.3, -0.25) is 4.31 Å². The Bertz CT molecular complexity index is 747. The van der Waals surface area contributed by atoms with E-state index < -0.39 is 16.1 Å². The highest BCUT2D eigenvalue weighted by molar-refractivity contribution is 7.92. The van der Waals surface area contributed by atoms with Crippen LogP contribution in [-0.4, -0.2) is 50.9 Å². The Morgan fingerprint density at radius 2 is 1.85 bits per heavy atom. The van der Waals surface area contributed by atoms with Gasteiger partial charge in [0.2, 0.25) is 10.0 Å². The van der Waals surface area contributed by atoms with Crippen LogP contribution in [0.4, 0.5) is 5.69 Å². The number of benzene rings is 1. The van der Waals surface area contributed by atoms with E-state index in [1.807, 2.05) is 18.2 Å². The molecule has 1 atom stereocenters. The summed E-state index contributed by atoms with van der Waals surface area (Å²) in [7, 11) is -3.23. The SMILES string of the molecule is CC(C)(C)C1CCN(CC(O)c2ccc3c(c2)CCN3S(C)(=O)=O)CC1. The molecule has 0 saturated carbocycles. The second-order valence-corrected chi connectivity index (χ2v) is 10.8.